The molecule has 2 rings (SSSR count). The van der Waals surface area contributed by atoms with Crippen molar-refractivity contribution in [3.8, 4) is 6.07 Å². The van der Waals surface area contributed by atoms with Gasteiger partial charge in [0.25, 0.3) is 0 Å². The zero-order valence-corrected chi connectivity index (χ0v) is 8.74. The largest absolute Gasteiger partial charge is 0.381 e. The van der Waals surface area contributed by atoms with Crippen molar-refractivity contribution < 1.29 is 9.13 Å². The molecule has 0 aromatic carbocycles. The number of halogens is 1. The molecular formula is C11H12FN3O. The minimum absolute atomic E-state index is 0.226. The van der Waals surface area contributed by atoms with Crippen LogP contribution in [0.15, 0.2) is 12.3 Å². The van der Waals surface area contributed by atoms with Crippen molar-refractivity contribution in [1.82, 2.24) is 4.98 Å². The van der Waals surface area contributed by atoms with Gasteiger partial charge in [0, 0.05) is 25.3 Å². The van der Waals surface area contributed by atoms with E-state index in [9.17, 15) is 4.39 Å². The lowest BCUT2D eigenvalue weighted by Gasteiger charge is -2.24. The first-order valence-electron chi connectivity index (χ1n) is 5.19. The first-order valence-corrected chi connectivity index (χ1v) is 5.19. The normalized spacial score (nSPS) is 16.8. The number of pyridine rings is 1. The average Bonchev–Trinajstić information content (AvgIpc) is 2.31. The Balaban J connectivity index is 2.13. The minimum atomic E-state index is -0.437. The molecule has 0 amide bonds. The molecule has 0 atom stereocenters. The first-order chi connectivity index (χ1) is 7.79. The Morgan fingerprint density at radius 3 is 2.94 bits per heavy atom. The van der Waals surface area contributed by atoms with Crippen LogP contribution in [0, 0.1) is 17.1 Å². The molecule has 1 saturated heterocycles. The number of ether oxygens (including phenoxy) is 1. The first kappa shape index (κ1) is 10.8. The molecule has 4 nitrogen and oxygen atoms in total. The Bertz CT molecular complexity index is 410. The molecule has 1 aromatic heterocycles. The van der Waals surface area contributed by atoms with E-state index in [0.717, 1.165) is 19.0 Å². The zero-order valence-electron chi connectivity index (χ0n) is 8.74. The van der Waals surface area contributed by atoms with Crippen LogP contribution in [0.1, 0.15) is 18.5 Å². The van der Waals surface area contributed by atoms with Crippen molar-refractivity contribution in [1.29, 1.82) is 5.26 Å². The Kier molecular flexibility index (Phi) is 3.32. The third kappa shape index (κ3) is 2.47. The molecule has 0 spiro atoms. The molecule has 16 heavy (non-hydrogen) atoms. The average molecular weight is 221 g/mol. The van der Waals surface area contributed by atoms with Crippen molar-refractivity contribution in [2.45, 2.75) is 18.9 Å². The third-order valence-electron chi connectivity index (χ3n) is 2.54. The predicted molar refractivity (Wildman–Crippen MR) is 56.4 cm³/mol. The van der Waals surface area contributed by atoms with Crippen molar-refractivity contribution >= 4 is 5.69 Å². The van der Waals surface area contributed by atoms with Gasteiger partial charge in [-0.25, -0.2) is 9.37 Å². The quantitative estimate of drug-likeness (QED) is 0.825. The topological polar surface area (TPSA) is 57.9 Å². The second kappa shape index (κ2) is 4.90. The van der Waals surface area contributed by atoms with Gasteiger partial charge in [0.05, 0.1) is 11.9 Å². The molecule has 0 radical (unpaired) electrons. The van der Waals surface area contributed by atoms with Gasteiger partial charge in [-0.15, -0.1) is 0 Å². The lowest BCUT2D eigenvalue weighted by molar-refractivity contribution is 0.0904. The summed E-state index contributed by atoms with van der Waals surface area (Å²) in [6, 6.07) is 3.47. The van der Waals surface area contributed by atoms with Gasteiger partial charge in [-0.05, 0) is 12.8 Å². The highest BCUT2D eigenvalue weighted by atomic mass is 19.1. The summed E-state index contributed by atoms with van der Waals surface area (Å²) in [5.74, 6) is -0.437. The number of aromatic nitrogens is 1. The van der Waals surface area contributed by atoms with Gasteiger partial charge in [-0.1, -0.05) is 0 Å². The molecule has 1 fully saturated rings. The minimum Gasteiger partial charge on any atom is -0.381 e. The number of nitrogens with one attached hydrogen (secondary N) is 1. The fraction of sp³-hybridized carbons (Fsp3) is 0.455. The molecule has 0 unspecified atom stereocenters. The summed E-state index contributed by atoms with van der Waals surface area (Å²) in [6.45, 7) is 1.39. The molecule has 1 aromatic rings. The molecule has 0 saturated carbocycles. The Morgan fingerprint density at radius 2 is 2.25 bits per heavy atom. The van der Waals surface area contributed by atoms with E-state index >= 15 is 0 Å². The number of anilines is 1. The zero-order chi connectivity index (χ0) is 11.4. The fourth-order valence-electron chi connectivity index (χ4n) is 1.70. The van der Waals surface area contributed by atoms with Gasteiger partial charge in [0.1, 0.15) is 11.9 Å². The van der Waals surface area contributed by atoms with E-state index in [2.05, 4.69) is 10.3 Å². The molecule has 2 heterocycles. The lowest BCUT2D eigenvalue weighted by Crippen LogP contribution is -2.28. The van der Waals surface area contributed by atoms with Gasteiger partial charge in [-0.2, -0.15) is 5.26 Å². The van der Waals surface area contributed by atoms with E-state index in [0.29, 0.717) is 18.9 Å². The highest BCUT2D eigenvalue weighted by molar-refractivity contribution is 5.54. The summed E-state index contributed by atoms with van der Waals surface area (Å²) in [7, 11) is 0. The Morgan fingerprint density at radius 1 is 1.50 bits per heavy atom. The smallest absolute Gasteiger partial charge is 0.163 e. The van der Waals surface area contributed by atoms with Gasteiger partial charge < -0.3 is 10.1 Å². The van der Waals surface area contributed by atoms with Gasteiger partial charge >= 0.3 is 0 Å². The summed E-state index contributed by atoms with van der Waals surface area (Å²) in [6.07, 6.45) is 2.77. The van der Waals surface area contributed by atoms with Crippen LogP contribution in [0.25, 0.3) is 0 Å². The van der Waals surface area contributed by atoms with Gasteiger partial charge in [0.2, 0.25) is 0 Å². The van der Waals surface area contributed by atoms with E-state index in [1.807, 2.05) is 6.07 Å². The second-order valence-electron chi connectivity index (χ2n) is 3.69. The van der Waals surface area contributed by atoms with Crippen LogP contribution in [0.4, 0.5) is 10.1 Å². The second-order valence-corrected chi connectivity index (χ2v) is 3.69. The molecule has 1 N–H and O–H groups in total. The van der Waals surface area contributed by atoms with Crippen LogP contribution in [-0.2, 0) is 4.74 Å². The molecule has 0 aliphatic carbocycles. The van der Waals surface area contributed by atoms with Crippen LogP contribution in [-0.4, -0.2) is 24.2 Å². The van der Waals surface area contributed by atoms with Crippen LogP contribution >= 0.6 is 0 Å². The monoisotopic (exact) mass is 221 g/mol. The summed E-state index contributed by atoms with van der Waals surface area (Å²) in [4.78, 5) is 3.73. The Hall–Kier alpha value is -1.67. The maximum atomic E-state index is 13.0. The number of hydrogen-bond acceptors (Lipinski definition) is 4. The summed E-state index contributed by atoms with van der Waals surface area (Å²) < 4.78 is 18.2. The van der Waals surface area contributed by atoms with E-state index in [1.165, 1.54) is 6.07 Å². The molecule has 84 valence electrons. The predicted octanol–water partition coefficient (Wildman–Crippen LogP) is 1.68. The number of rotatable bonds is 2. The van der Waals surface area contributed by atoms with Crippen LogP contribution in [0.3, 0.4) is 0 Å². The highest BCUT2D eigenvalue weighted by Crippen LogP contribution is 2.18. The molecule has 1 aliphatic rings. The molecule has 5 heteroatoms. The summed E-state index contributed by atoms with van der Waals surface area (Å²) >= 11 is 0. The maximum absolute atomic E-state index is 13.0. The van der Waals surface area contributed by atoms with E-state index in [4.69, 9.17) is 10.00 Å². The van der Waals surface area contributed by atoms with Gasteiger partial charge in [0.15, 0.2) is 5.69 Å². The SMILES string of the molecule is N#Cc1ncc(F)cc1NC1CCOCC1. The van der Waals surface area contributed by atoms with Crippen LogP contribution < -0.4 is 5.32 Å². The van der Waals surface area contributed by atoms with E-state index in [1.54, 1.807) is 0 Å². The maximum Gasteiger partial charge on any atom is 0.163 e. The van der Waals surface area contributed by atoms with Crippen molar-refractivity contribution in [3.63, 3.8) is 0 Å². The molecule has 0 bridgehead atoms. The van der Waals surface area contributed by atoms with Crippen molar-refractivity contribution in [2.24, 2.45) is 0 Å². The number of nitrogens with zero attached hydrogens (tertiary/aromatic N) is 2. The standard InChI is InChI=1S/C11H12FN3O/c12-8-5-10(11(6-13)14-7-8)15-9-1-3-16-4-2-9/h5,7,9,15H,1-4H2. The third-order valence-corrected chi connectivity index (χ3v) is 2.54. The lowest BCUT2D eigenvalue weighted by atomic mass is 10.1. The van der Waals surface area contributed by atoms with Crippen LogP contribution in [0.2, 0.25) is 0 Å². The summed E-state index contributed by atoms with van der Waals surface area (Å²) in [5, 5.41) is 12.0. The number of hydrogen-bond donors (Lipinski definition) is 1. The summed E-state index contributed by atoms with van der Waals surface area (Å²) in [5.41, 5.74) is 0.697. The van der Waals surface area contributed by atoms with Crippen molar-refractivity contribution in [3.05, 3.63) is 23.8 Å². The molecule has 1 aliphatic heterocycles. The fourth-order valence-corrected chi connectivity index (χ4v) is 1.70. The van der Waals surface area contributed by atoms with Crippen molar-refractivity contribution in [2.75, 3.05) is 18.5 Å². The highest BCUT2D eigenvalue weighted by Gasteiger charge is 2.15. The van der Waals surface area contributed by atoms with E-state index in [-0.39, 0.29) is 11.7 Å². The molecular weight excluding hydrogens is 209 g/mol. The Labute approximate surface area is 93.1 Å². The van der Waals surface area contributed by atoms with Crippen LogP contribution in [0.5, 0.6) is 0 Å². The van der Waals surface area contributed by atoms with Gasteiger partial charge in [-0.3, -0.25) is 0 Å². The van der Waals surface area contributed by atoms with E-state index < -0.39 is 5.82 Å². The number of nitriles is 1.